The lowest BCUT2D eigenvalue weighted by Gasteiger charge is -2.43. The van der Waals surface area contributed by atoms with Gasteiger partial charge in [0.2, 0.25) is 5.91 Å². The zero-order valence-corrected chi connectivity index (χ0v) is 12.8. The van der Waals surface area contributed by atoms with Crippen molar-refractivity contribution in [2.45, 2.75) is 58.9 Å². The number of carboxylic acids is 1. The van der Waals surface area contributed by atoms with E-state index in [0.717, 1.165) is 6.54 Å². The van der Waals surface area contributed by atoms with Crippen LogP contribution < -0.4 is 0 Å². The molecule has 5 atom stereocenters. The first-order valence-corrected chi connectivity index (χ1v) is 7.94. The van der Waals surface area contributed by atoms with Gasteiger partial charge in [-0.3, -0.25) is 9.59 Å². The summed E-state index contributed by atoms with van der Waals surface area (Å²) in [6, 6.07) is -0.183. The zero-order valence-electron chi connectivity index (χ0n) is 12.8. The number of carbonyl (C=O) groups is 2. The van der Waals surface area contributed by atoms with E-state index in [2.05, 4.69) is 6.92 Å². The molecule has 0 bridgehead atoms. The van der Waals surface area contributed by atoms with Crippen LogP contribution in [0.25, 0.3) is 0 Å². The quantitative estimate of drug-likeness (QED) is 0.865. The third-order valence-electron chi connectivity index (χ3n) is 5.45. The molecule has 1 saturated heterocycles. The van der Waals surface area contributed by atoms with Crippen molar-refractivity contribution in [3.63, 3.8) is 0 Å². The Morgan fingerprint density at radius 3 is 2.45 bits per heavy atom. The first-order valence-electron chi connectivity index (χ1n) is 7.94. The summed E-state index contributed by atoms with van der Waals surface area (Å²) < 4.78 is 0. The van der Waals surface area contributed by atoms with Crippen LogP contribution in [-0.4, -0.2) is 34.5 Å². The second-order valence-corrected chi connectivity index (χ2v) is 6.85. The summed E-state index contributed by atoms with van der Waals surface area (Å²) in [5.74, 6) is 0.0745. The Kier molecular flexibility index (Phi) is 4.71. The molecule has 1 amide bonds. The lowest BCUT2D eigenvalue weighted by molar-refractivity contribution is -0.155. The third-order valence-corrected chi connectivity index (χ3v) is 5.45. The van der Waals surface area contributed by atoms with Crippen LogP contribution >= 0.6 is 0 Å². The Morgan fingerprint density at radius 1 is 1.20 bits per heavy atom. The van der Waals surface area contributed by atoms with E-state index in [1.54, 1.807) is 0 Å². The number of rotatable bonds is 3. The molecule has 114 valence electrons. The monoisotopic (exact) mass is 281 g/mol. The van der Waals surface area contributed by atoms with E-state index in [9.17, 15) is 14.7 Å². The Balaban J connectivity index is 2.08. The molecule has 4 heteroatoms. The molecule has 1 aliphatic carbocycles. The normalized spacial score (nSPS) is 38.9. The van der Waals surface area contributed by atoms with Crippen LogP contribution in [0.3, 0.4) is 0 Å². The standard InChI is InChI=1S/C16H27NO3/c1-10-6-4-5-7-13(10)9-17-12(3)15(16(19)20)11(2)8-14(17)18/h10-13,15H,4-9H2,1-3H3,(H,19,20). The number of amides is 1. The minimum atomic E-state index is -0.765. The predicted octanol–water partition coefficient (Wildman–Crippen LogP) is 2.77. The maximum Gasteiger partial charge on any atom is 0.308 e. The second kappa shape index (κ2) is 6.15. The number of carboxylic acid groups (broad SMARTS) is 1. The van der Waals surface area contributed by atoms with Gasteiger partial charge in [-0.05, 0) is 31.1 Å². The molecule has 0 radical (unpaired) electrons. The maximum atomic E-state index is 12.3. The molecule has 0 aromatic rings. The molecule has 2 rings (SSSR count). The van der Waals surface area contributed by atoms with Crippen LogP contribution in [-0.2, 0) is 9.59 Å². The van der Waals surface area contributed by atoms with Crippen LogP contribution in [0.2, 0.25) is 0 Å². The number of nitrogens with zero attached hydrogens (tertiary/aromatic N) is 1. The molecule has 2 fully saturated rings. The summed E-state index contributed by atoms with van der Waals surface area (Å²) in [6.45, 7) is 6.80. The molecular weight excluding hydrogens is 254 g/mol. The lowest BCUT2D eigenvalue weighted by Crippen LogP contribution is -2.54. The minimum absolute atomic E-state index is 0.0602. The van der Waals surface area contributed by atoms with E-state index >= 15 is 0 Å². The van der Waals surface area contributed by atoms with Gasteiger partial charge in [0.25, 0.3) is 0 Å². The molecular formula is C16H27NO3. The Morgan fingerprint density at radius 2 is 1.85 bits per heavy atom. The van der Waals surface area contributed by atoms with Gasteiger partial charge in [0.05, 0.1) is 5.92 Å². The van der Waals surface area contributed by atoms with Gasteiger partial charge >= 0.3 is 5.97 Å². The van der Waals surface area contributed by atoms with Crippen molar-refractivity contribution in [1.82, 2.24) is 4.90 Å². The first kappa shape index (κ1) is 15.3. The molecule has 1 N–H and O–H groups in total. The van der Waals surface area contributed by atoms with Crippen molar-refractivity contribution in [2.24, 2.45) is 23.7 Å². The second-order valence-electron chi connectivity index (χ2n) is 6.85. The van der Waals surface area contributed by atoms with Crippen molar-refractivity contribution in [1.29, 1.82) is 0 Å². The van der Waals surface area contributed by atoms with Gasteiger partial charge in [-0.25, -0.2) is 0 Å². The van der Waals surface area contributed by atoms with Gasteiger partial charge in [-0.1, -0.05) is 33.1 Å². The van der Waals surface area contributed by atoms with Crippen molar-refractivity contribution in [3.8, 4) is 0 Å². The average molecular weight is 281 g/mol. The first-order chi connectivity index (χ1) is 9.41. The molecule has 0 aromatic heterocycles. The molecule has 0 spiro atoms. The van der Waals surface area contributed by atoms with Gasteiger partial charge in [-0.15, -0.1) is 0 Å². The summed E-state index contributed by atoms with van der Waals surface area (Å²) >= 11 is 0. The number of hydrogen-bond donors (Lipinski definition) is 1. The molecule has 1 aliphatic heterocycles. The summed E-state index contributed by atoms with van der Waals surface area (Å²) in [5, 5.41) is 9.40. The highest BCUT2D eigenvalue weighted by atomic mass is 16.4. The van der Waals surface area contributed by atoms with Gasteiger partial charge in [0.15, 0.2) is 0 Å². The molecule has 1 heterocycles. The van der Waals surface area contributed by atoms with Gasteiger partial charge in [-0.2, -0.15) is 0 Å². The number of aliphatic carboxylic acids is 1. The highest BCUT2D eigenvalue weighted by Crippen LogP contribution is 2.35. The van der Waals surface area contributed by atoms with Gasteiger partial charge < -0.3 is 10.0 Å². The van der Waals surface area contributed by atoms with Crippen LogP contribution in [0.1, 0.15) is 52.9 Å². The van der Waals surface area contributed by atoms with Crippen LogP contribution in [0.5, 0.6) is 0 Å². The fraction of sp³-hybridized carbons (Fsp3) is 0.875. The Labute approximate surface area is 121 Å². The van der Waals surface area contributed by atoms with E-state index in [-0.39, 0.29) is 17.9 Å². The summed E-state index contributed by atoms with van der Waals surface area (Å²) in [4.78, 5) is 25.6. The molecule has 0 aromatic carbocycles. The minimum Gasteiger partial charge on any atom is -0.481 e. The number of carbonyl (C=O) groups excluding carboxylic acids is 1. The van der Waals surface area contributed by atoms with Crippen molar-refractivity contribution < 1.29 is 14.7 Å². The molecule has 20 heavy (non-hydrogen) atoms. The summed E-state index contributed by atoms with van der Waals surface area (Å²) in [6.07, 6.45) is 5.31. The number of likely N-dealkylation sites (tertiary alicyclic amines) is 1. The number of hydrogen-bond acceptors (Lipinski definition) is 2. The van der Waals surface area contributed by atoms with E-state index < -0.39 is 11.9 Å². The maximum absolute atomic E-state index is 12.3. The van der Waals surface area contributed by atoms with Crippen molar-refractivity contribution >= 4 is 11.9 Å². The highest BCUT2D eigenvalue weighted by molar-refractivity contribution is 5.81. The Bertz CT molecular complexity index is 382. The topological polar surface area (TPSA) is 57.6 Å². The average Bonchev–Trinajstić information content (AvgIpc) is 2.35. The molecule has 4 nitrogen and oxygen atoms in total. The van der Waals surface area contributed by atoms with E-state index in [1.165, 1.54) is 25.7 Å². The van der Waals surface area contributed by atoms with Gasteiger partial charge in [0.1, 0.15) is 0 Å². The smallest absolute Gasteiger partial charge is 0.308 e. The van der Waals surface area contributed by atoms with Crippen molar-refractivity contribution in [3.05, 3.63) is 0 Å². The van der Waals surface area contributed by atoms with Crippen molar-refractivity contribution in [2.75, 3.05) is 6.54 Å². The number of piperidine rings is 1. The zero-order chi connectivity index (χ0) is 14.9. The van der Waals surface area contributed by atoms with E-state index in [4.69, 9.17) is 0 Å². The van der Waals surface area contributed by atoms with Crippen LogP contribution in [0.15, 0.2) is 0 Å². The largest absolute Gasteiger partial charge is 0.481 e. The lowest BCUT2D eigenvalue weighted by atomic mass is 9.77. The Hall–Kier alpha value is -1.06. The predicted molar refractivity (Wildman–Crippen MR) is 77.2 cm³/mol. The summed E-state index contributed by atoms with van der Waals surface area (Å²) in [5.41, 5.74) is 0. The van der Waals surface area contributed by atoms with E-state index in [1.807, 2.05) is 18.7 Å². The SMILES string of the molecule is CC1CCCCC1CN1C(=O)CC(C)C(C(=O)O)C1C. The molecule has 1 saturated carbocycles. The fourth-order valence-electron chi connectivity index (χ4n) is 4.05. The third kappa shape index (κ3) is 2.99. The van der Waals surface area contributed by atoms with Gasteiger partial charge in [0, 0.05) is 19.0 Å². The molecule has 5 unspecified atom stereocenters. The highest BCUT2D eigenvalue weighted by Gasteiger charge is 2.42. The van der Waals surface area contributed by atoms with Crippen LogP contribution in [0, 0.1) is 23.7 Å². The fourth-order valence-corrected chi connectivity index (χ4v) is 4.05. The summed E-state index contributed by atoms with van der Waals surface area (Å²) in [7, 11) is 0. The van der Waals surface area contributed by atoms with E-state index in [0.29, 0.717) is 18.3 Å². The van der Waals surface area contributed by atoms with Crippen LogP contribution in [0.4, 0.5) is 0 Å². The molecule has 2 aliphatic rings.